The quantitative estimate of drug-likeness (QED) is 0.457. The van der Waals surface area contributed by atoms with Crippen molar-refractivity contribution < 1.29 is 9.53 Å². The molecule has 0 saturated carbocycles. The molecular weight excluding hydrogens is 260 g/mol. The highest BCUT2D eigenvalue weighted by Crippen LogP contribution is 2.23. The van der Waals surface area contributed by atoms with Crippen LogP contribution in [0.4, 0.5) is 0 Å². The van der Waals surface area contributed by atoms with Crippen LogP contribution >= 0.6 is 0 Å². The number of carbonyl (C=O) groups is 1. The average molecular weight is 284 g/mol. The molecule has 0 heterocycles. The number of allylic oxidation sites excluding steroid dienone is 1. The van der Waals surface area contributed by atoms with Gasteiger partial charge in [0.25, 0.3) is 0 Å². The summed E-state index contributed by atoms with van der Waals surface area (Å²) in [6.45, 7) is 9.46. The highest BCUT2D eigenvalue weighted by atomic mass is 16.5. The first kappa shape index (κ1) is 17.0. The Bertz CT molecular complexity index is 512. The van der Waals surface area contributed by atoms with Crippen LogP contribution in [0.25, 0.3) is 0 Å². The normalized spacial score (nSPS) is 12.0. The van der Waals surface area contributed by atoms with Gasteiger partial charge < -0.3 is 4.74 Å². The van der Waals surface area contributed by atoms with Gasteiger partial charge in [0.05, 0.1) is 5.41 Å². The molecule has 0 N–H and O–H groups in total. The summed E-state index contributed by atoms with van der Waals surface area (Å²) in [6, 6.07) is 10.3. The van der Waals surface area contributed by atoms with E-state index in [0.717, 1.165) is 12.8 Å². The van der Waals surface area contributed by atoms with Crippen molar-refractivity contribution in [2.75, 3.05) is 6.61 Å². The van der Waals surface area contributed by atoms with E-state index in [1.165, 1.54) is 5.56 Å². The first-order valence-corrected chi connectivity index (χ1v) is 7.24. The van der Waals surface area contributed by atoms with E-state index in [1.807, 2.05) is 45.0 Å². The fraction of sp³-hybridized carbons (Fsp3) is 0.421. The molecule has 0 aromatic heterocycles. The van der Waals surface area contributed by atoms with Crippen molar-refractivity contribution in [1.29, 1.82) is 0 Å². The Labute approximate surface area is 128 Å². The van der Waals surface area contributed by atoms with Crippen LogP contribution in [0, 0.1) is 17.3 Å². The largest absolute Gasteiger partial charge is 0.452 e. The second-order valence-electron chi connectivity index (χ2n) is 6.02. The molecule has 1 rings (SSSR count). The second kappa shape index (κ2) is 8.32. The van der Waals surface area contributed by atoms with Crippen molar-refractivity contribution in [2.45, 2.75) is 39.5 Å². The molecule has 0 aliphatic carbocycles. The zero-order valence-electron chi connectivity index (χ0n) is 13.2. The van der Waals surface area contributed by atoms with Gasteiger partial charge in [0.15, 0.2) is 6.61 Å². The zero-order valence-corrected chi connectivity index (χ0v) is 13.2. The van der Waals surface area contributed by atoms with Gasteiger partial charge in [-0.15, -0.1) is 6.58 Å². The van der Waals surface area contributed by atoms with E-state index in [9.17, 15) is 4.79 Å². The molecule has 0 saturated heterocycles. The van der Waals surface area contributed by atoms with Gasteiger partial charge in [-0.25, -0.2) is 0 Å². The smallest absolute Gasteiger partial charge is 0.312 e. The topological polar surface area (TPSA) is 26.3 Å². The number of hydrogen-bond donors (Lipinski definition) is 0. The Kier molecular flexibility index (Phi) is 6.75. The van der Waals surface area contributed by atoms with Crippen molar-refractivity contribution in [3.8, 4) is 11.8 Å². The number of ether oxygens (including phenoxy) is 1. The molecule has 0 amide bonds. The molecule has 0 aliphatic rings. The Morgan fingerprint density at radius 1 is 1.29 bits per heavy atom. The minimum Gasteiger partial charge on any atom is -0.452 e. The van der Waals surface area contributed by atoms with Crippen LogP contribution in [0.5, 0.6) is 0 Å². The van der Waals surface area contributed by atoms with Gasteiger partial charge in [0.1, 0.15) is 0 Å². The summed E-state index contributed by atoms with van der Waals surface area (Å²) in [6.07, 6.45) is 3.54. The van der Waals surface area contributed by atoms with Gasteiger partial charge in [-0.1, -0.05) is 48.2 Å². The lowest BCUT2D eigenvalue weighted by atomic mass is 9.93. The molecule has 1 unspecified atom stereocenters. The molecule has 0 fully saturated rings. The fourth-order valence-corrected chi connectivity index (χ4v) is 1.83. The van der Waals surface area contributed by atoms with Gasteiger partial charge in [0, 0.05) is 6.42 Å². The zero-order chi connectivity index (χ0) is 15.7. The summed E-state index contributed by atoms with van der Waals surface area (Å²) in [5.41, 5.74) is 0.787. The number of hydrogen-bond acceptors (Lipinski definition) is 2. The molecule has 0 aliphatic heterocycles. The van der Waals surface area contributed by atoms with Gasteiger partial charge >= 0.3 is 5.97 Å². The van der Waals surface area contributed by atoms with Gasteiger partial charge in [-0.05, 0) is 38.7 Å². The van der Waals surface area contributed by atoms with Crippen LogP contribution in [-0.2, 0) is 9.53 Å². The number of carbonyl (C=O) groups excluding carboxylic acids is 1. The van der Waals surface area contributed by atoms with Crippen molar-refractivity contribution in [2.24, 2.45) is 5.41 Å². The summed E-state index contributed by atoms with van der Waals surface area (Å²) >= 11 is 0. The number of rotatable bonds is 5. The first-order chi connectivity index (χ1) is 9.95. The maximum Gasteiger partial charge on any atom is 0.312 e. The Morgan fingerprint density at radius 2 is 1.95 bits per heavy atom. The van der Waals surface area contributed by atoms with Crippen LogP contribution in [-0.4, -0.2) is 12.6 Å². The van der Waals surface area contributed by atoms with Crippen molar-refractivity contribution >= 4 is 5.97 Å². The predicted octanol–water partition coefficient (Wildman–Crippen LogP) is 4.33. The number of esters is 1. The van der Waals surface area contributed by atoms with Crippen molar-refractivity contribution in [3.05, 3.63) is 48.6 Å². The lowest BCUT2D eigenvalue weighted by Gasteiger charge is -2.15. The van der Waals surface area contributed by atoms with E-state index < -0.39 is 5.41 Å². The Hall–Kier alpha value is -2.01. The van der Waals surface area contributed by atoms with Crippen molar-refractivity contribution in [1.82, 2.24) is 0 Å². The standard InChI is InChI=1S/C19H24O2/c1-5-11-16(17-12-7-6-8-13-17)14-9-10-15-21-18(20)19(2,3)4/h5-8,12-13,16H,1,11,14-15H2,2-4H3. The third-order valence-corrected chi connectivity index (χ3v) is 3.08. The van der Waals surface area contributed by atoms with E-state index in [1.54, 1.807) is 0 Å². The van der Waals surface area contributed by atoms with E-state index in [4.69, 9.17) is 4.74 Å². The Balaban J connectivity index is 2.50. The molecule has 21 heavy (non-hydrogen) atoms. The minimum absolute atomic E-state index is 0.158. The predicted molar refractivity (Wildman–Crippen MR) is 86.8 cm³/mol. The lowest BCUT2D eigenvalue weighted by Crippen LogP contribution is -2.22. The SMILES string of the molecule is C=CCC(CC#CCOC(=O)C(C)(C)C)c1ccccc1. The average Bonchev–Trinajstić information content (AvgIpc) is 2.45. The molecular formula is C19H24O2. The third-order valence-electron chi connectivity index (χ3n) is 3.08. The van der Waals surface area contributed by atoms with Crippen LogP contribution in [0.15, 0.2) is 43.0 Å². The third kappa shape index (κ3) is 6.31. The van der Waals surface area contributed by atoms with E-state index in [0.29, 0.717) is 5.92 Å². The molecule has 0 radical (unpaired) electrons. The van der Waals surface area contributed by atoms with Gasteiger partial charge in [-0.3, -0.25) is 4.79 Å². The molecule has 2 nitrogen and oxygen atoms in total. The van der Waals surface area contributed by atoms with Gasteiger partial charge in [-0.2, -0.15) is 0 Å². The molecule has 1 aromatic rings. The van der Waals surface area contributed by atoms with Crippen molar-refractivity contribution in [3.63, 3.8) is 0 Å². The summed E-state index contributed by atoms with van der Waals surface area (Å²) in [7, 11) is 0. The molecule has 2 heteroatoms. The van der Waals surface area contributed by atoms with E-state index in [2.05, 4.69) is 30.6 Å². The maximum atomic E-state index is 11.6. The Morgan fingerprint density at radius 3 is 2.52 bits per heavy atom. The monoisotopic (exact) mass is 284 g/mol. The molecule has 1 aromatic carbocycles. The van der Waals surface area contributed by atoms with E-state index >= 15 is 0 Å². The van der Waals surface area contributed by atoms with Crippen LogP contribution in [0.2, 0.25) is 0 Å². The second-order valence-corrected chi connectivity index (χ2v) is 6.02. The summed E-state index contributed by atoms with van der Waals surface area (Å²) in [4.78, 5) is 11.6. The van der Waals surface area contributed by atoms with Crippen LogP contribution in [0.1, 0.15) is 45.1 Å². The molecule has 0 spiro atoms. The lowest BCUT2D eigenvalue weighted by molar-refractivity contribution is -0.151. The number of benzene rings is 1. The summed E-state index contributed by atoms with van der Waals surface area (Å²) in [5.74, 6) is 6.14. The summed E-state index contributed by atoms with van der Waals surface area (Å²) < 4.78 is 5.12. The molecule has 1 atom stereocenters. The van der Waals surface area contributed by atoms with E-state index in [-0.39, 0.29) is 12.6 Å². The fourth-order valence-electron chi connectivity index (χ4n) is 1.83. The first-order valence-electron chi connectivity index (χ1n) is 7.24. The maximum absolute atomic E-state index is 11.6. The summed E-state index contributed by atoms with van der Waals surface area (Å²) in [5, 5.41) is 0. The van der Waals surface area contributed by atoms with Crippen LogP contribution < -0.4 is 0 Å². The van der Waals surface area contributed by atoms with Gasteiger partial charge in [0.2, 0.25) is 0 Å². The molecule has 112 valence electrons. The minimum atomic E-state index is -0.475. The van der Waals surface area contributed by atoms with Crippen LogP contribution in [0.3, 0.4) is 0 Å². The highest BCUT2D eigenvalue weighted by Gasteiger charge is 2.22. The highest BCUT2D eigenvalue weighted by molar-refractivity contribution is 5.75. The molecule has 0 bridgehead atoms.